The van der Waals surface area contributed by atoms with Gasteiger partial charge in [-0.15, -0.1) is 0 Å². The fourth-order valence-corrected chi connectivity index (χ4v) is 2.93. The van der Waals surface area contributed by atoms with Gasteiger partial charge in [-0.2, -0.15) is 0 Å². The summed E-state index contributed by atoms with van der Waals surface area (Å²) < 4.78 is 22.0. The van der Waals surface area contributed by atoms with Crippen LogP contribution in [-0.2, 0) is 0 Å². The number of primary amides is 1. The largest absolute Gasteiger partial charge is 0.508 e. The fraction of sp³-hybridized carbons (Fsp3) is 0.368. The van der Waals surface area contributed by atoms with Crippen molar-refractivity contribution in [2.24, 2.45) is 5.73 Å². The van der Waals surface area contributed by atoms with Crippen molar-refractivity contribution in [3.8, 4) is 11.4 Å². The second-order valence-corrected chi connectivity index (χ2v) is 6.57. The van der Waals surface area contributed by atoms with Gasteiger partial charge in [-0.05, 0) is 57.2 Å². The molecule has 0 bridgehead atoms. The number of anilines is 1. The van der Waals surface area contributed by atoms with Gasteiger partial charge < -0.3 is 16.6 Å². The molecule has 3 rings (SSSR count). The topological polar surface area (TPSA) is 111 Å². The van der Waals surface area contributed by atoms with Gasteiger partial charge in [0.25, 0.3) is 11.5 Å². The van der Waals surface area contributed by atoms with E-state index in [0.717, 1.165) is 25.3 Å². The van der Waals surface area contributed by atoms with E-state index < -0.39 is 12.3 Å². The number of aryl methyl sites for hydroxylation is 1. The number of phenols is 1. The molecule has 1 aliphatic carbocycles. The van der Waals surface area contributed by atoms with Gasteiger partial charge in [-0.3, -0.25) is 14.2 Å². The average Bonchev–Trinajstić information content (AvgIpc) is 3.47. The molecule has 2 radical (unpaired) electrons. The molecule has 0 atom stereocenters. The molecule has 0 unspecified atom stereocenters. The van der Waals surface area contributed by atoms with Gasteiger partial charge in [0.1, 0.15) is 11.6 Å². The molecule has 2 aromatic rings. The van der Waals surface area contributed by atoms with Gasteiger partial charge in [0.05, 0.1) is 11.3 Å². The van der Waals surface area contributed by atoms with Gasteiger partial charge in [-0.25, -0.2) is 21.3 Å². The number of pyridine rings is 1. The first-order valence-electron chi connectivity index (χ1n) is 8.75. The predicted molar refractivity (Wildman–Crippen MR) is 115 cm³/mol. The third-order valence-electron chi connectivity index (χ3n) is 4.38. The summed E-state index contributed by atoms with van der Waals surface area (Å²) in [6.45, 7) is 4.36. The number of hydrogen-bond donors (Lipinski definition) is 4. The second kappa shape index (κ2) is 10.3. The number of hydrogen-bond acceptors (Lipinski definition) is 5. The summed E-state index contributed by atoms with van der Waals surface area (Å²) in [6, 6.07) is 4.79. The smallest absolute Gasteiger partial charge is 0.260 e. The van der Waals surface area contributed by atoms with Crippen LogP contribution in [0.5, 0.6) is 5.75 Å². The molecule has 1 amide bonds. The molecule has 1 saturated carbocycles. The summed E-state index contributed by atoms with van der Waals surface area (Å²) >= 11 is 3.03. The zero-order valence-electron chi connectivity index (χ0n) is 16.4. The number of alkyl halides is 2. The SMILES string of the molecule is CC(F)F.Cc1ccc(O)c(C)c1-n1c(N)c(C(N)=O)cc(C2CC2)c1=O.[B]S. The van der Waals surface area contributed by atoms with Crippen molar-refractivity contribution in [2.45, 2.75) is 46.0 Å². The molecule has 10 heteroatoms. The maximum Gasteiger partial charge on any atom is 0.260 e. The summed E-state index contributed by atoms with van der Waals surface area (Å²) in [7, 11) is 4.19. The number of carbonyl (C=O) groups excluding carboxylic acids is 1. The molecule has 5 N–H and O–H groups in total. The maximum atomic E-state index is 12.9. The van der Waals surface area contributed by atoms with Gasteiger partial charge in [0.2, 0.25) is 6.43 Å². The second-order valence-electron chi connectivity index (χ2n) is 6.57. The summed E-state index contributed by atoms with van der Waals surface area (Å²) in [5.74, 6) is -0.461. The minimum atomic E-state index is -2.17. The zero-order chi connectivity index (χ0) is 22.5. The van der Waals surface area contributed by atoms with Crippen LogP contribution < -0.4 is 17.0 Å². The van der Waals surface area contributed by atoms with Crippen LogP contribution in [0.4, 0.5) is 14.6 Å². The molecule has 156 valence electrons. The number of aromatic hydroxyl groups is 1. The van der Waals surface area contributed by atoms with E-state index >= 15 is 0 Å². The molecular formula is C19H24BF2N3O3S. The number of carbonyl (C=O) groups is 1. The first kappa shape index (κ1) is 24.6. The van der Waals surface area contributed by atoms with E-state index in [2.05, 4.69) is 19.6 Å². The van der Waals surface area contributed by atoms with Crippen molar-refractivity contribution in [1.29, 1.82) is 0 Å². The third kappa shape index (κ3) is 5.75. The first-order chi connectivity index (χ1) is 13.6. The van der Waals surface area contributed by atoms with E-state index in [1.165, 1.54) is 10.6 Å². The number of nitrogen functional groups attached to an aromatic ring is 1. The van der Waals surface area contributed by atoms with Gasteiger partial charge in [0, 0.05) is 11.1 Å². The average molecular weight is 423 g/mol. The highest BCUT2D eigenvalue weighted by atomic mass is 32.1. The third-order valence-corrected chi connectivity index (χ3v) is 4.38. The van der Waals surface area contributed by atoms with Gasteiger partial charge in [0.15, 0.2) is 7.12 Å². The number of rotatable bonds is 3. The number of thiol groups is 1. The van der Waals surface area contributed by atoms with Crippen molar-refractivity contribution in [1.82, 2.24) is 4.57 Å². The van der Waals surface area contributed by atoms with Crippen LogP contribution in [0.2, 0.25) is 0 Å². The lowest BCUT2D eigenvalue weighted by Crippen LogP contribution is -2.29. The Morgan fingerprint density at radius 2 is 1.83 bits per heavy atom. The Morgan fingerprint density at radius 3 is 2.28 bits per heavy atom. The van der Waals surface area contributed by atoms with E-state index in [1.807, 2.05) is 6.92 Å². The molecule has 0 aliphatic heterocycles. The molecule has 6 nitrogen and oxygen atoms in total. The number of aromatic nitrogens is 1. The molecule has 1 heterocycles. The maximum absolute atomic E-state index is 12.9. The number of phenolic OH excluding ortho intramolecular Hbond substituents is 1. The monoisotopic (exact) mass is 423 g/mol. The summed E-state index contributed by atoms with van der Waals surface area (Å²) in [6.07, 6.45) is -0.343. The number of benzene rings is 1. The number of nitrogens with two attached hydrogens (primary N) is 2. The molecule has 1 aliphatic rings. The highest BCUT2D eigenvalue weighted by Gasteiger charge is 2.30. The zero-order valence-corrected chi connectivity index (χ0v) is 17.3. The lowest BCUT2D eigenvalue weighted by Gasteiger charge is -2.19. The van der Waals surface area contributed by atoms with Crippen molar-refractivity contribution in [3.63, 3.8) is 0 Å². The van der Waals surface area contributed by atoms with Crippen LogP contribution in [0.25, 0.3) is 5.69 Å². The Bertz CT molecular complexity index is 945. The molecule has 0 saturated heterocycles. The summed E-state index contributed by atoms with van der Waals surface area (Å²) in [5.41, 5.74) is 13.7. The standard InChI is InChI=1S/C17H19N3O3.C2H4F2.BHS/c1-8-3-6-13(21)9(2)14(8)20-15(18)12(16(19)22)7-11(17(20)23)10-4-5-10;1-2(3)4;1-2/h3,6-7,10,21H,4-5,18H2,1-2H3,(H2,19,22);2H,1H3;2H. The molecule has 29 heavy (non-hydrogen) atoms. The normalized spacial score (nSPS) is 12.5. The number of nitrogens with zero attached hydrogens (tertiary/aromatic N) is 1. The van der Waals surface area contributed by atoms with Crippen LogP contribution in [0.15, 0.2) is 23.0 Å². The number of halogens is 2. The van der Waals surface area contributed by atoms with Crippen LogP contribution in [0, 0.1) is 13.8 Å². The van der Waals surface area contributed by atoms with E-state index in [-0.39, 0.29) is 28.6 Å². The molecule has 0 spiro atoms. The minimum Gasteiger partial charge on any atom is -0.508 e. The number of amides is 1. The van der Waals surface area contributed by atoms with E-state index in [1.54, 1.807) is 19.1 Å². The van der Waals surface area contributed by atoms with Crippen molar-refractivity contribution in [3.05, 3.63) is 50.8 Å². The minimum absolute atomic E-state index is 0.00343. The van der Waals surface area contributed by atoms with Crippen LogP contribution in [-0.4, -0.2) is 29.1 Å². The molecule has 1 aromatic carbocycles. The van der Waals surface area contributed by atoms with Crippen molar-refractivity contribution >= 4 is 31.3 Å². The molecular weight excluding hydrogens is 399 g/mol. The Labute approximate surface area is 174 Å². The van der Waals surface area contributed by atoms with Crippen LogP contribution >= 0.6 is 12.5 Å². The van der Waals surface area contributed by atoms with Crippen molar-refractivity contribution < 1.29 is 18.7 Å². The highest BCUT2D eigenvalue weighted by Crippen LogP contribution is 2.39. The Kier molecular flexibility index (Phi) is 8.75. The Morgan fingerprint density at radius 1 is 1.31 bits per heavy atom. The molecule has 1 fully saturated rings. The lowest BCUT2D eigenvalue weighted by molar-refractivity contribution is 0.100. The lowest BCUT2D eigenvalue weighted by atomic mass is 10.0. The first-order valence-corrected chi connectivity index (χ1v) is 9.26. The van der Waals surface area contributed by atoms with Crippen molar-refractivity contribution in [2.75, 3.05) is 5.73 Å². The van der Waals surface area contributed by atoms with E-state index in [9.17, 15) is 23.5 Å². The van der Waals surface area contributed by atoms with Crippen LogP contribution in [0.1, 0.15) is 52.7 Å². The van der Waals surface area contributed by atoms with Gasteiger partial charge in [-0.1, -0.05) is 6.07 Å². The Hall–Kier alpha value is -2.49. The van der Waals surface area contributed by atoms with E-state index in [4.69, 9.17) is 11.5 Å². The summed E-state index contributed by atoms with van der Waals surface area (Å²) in [5, 5.41) is 9.99. The Balaban J connectivity index is 0.000000627. The summed E-state index contributed by atoms with van der Waals surface area (Å²) in [4.78, 5) is 24.6. The predicted octanol–water partition coefficient (Wildman–Crippen LogP) is 2.99. The molecule has 1 aromatic heterocycles. The van der Waals surface area contributed by atoms with E-state index in [0.29, 0.717) is 16.8 Å². The quantitative estimate of drug-likeness (QED) is 0.449. The van der Waals surface area contributed by atoms with Gasteiger partial charge >= 0.3 is 0 Å². The fourth-order valence-electron chi connectivity index (χ4n) is 2.93. The van der Waals surface area contributed by atoms with Crippen LogP contribution in [0.3, 0.4) is 0 Å². The highest BCUT2D eigenvalue weighted by molar-refractivity contribution is 8.03.